The minimum absolute atomic E-state index is 0.0548. The third-order valence-electron chi connectivity index (χ3n) is 3.76. The van der Waals surface area contributed by atoms with Crippen molar-refractivity contribution in [3.05, 3.63) is 29.8 Å². The van der Waals surface area contributed by atoms with Crippen molar-refractivity contribution in [3.8, 4) is 0 Å². The molecule has 0 aliphatic carbocycles. The molecule has 0 spiro atoms. The van der Waals surface area contributed by atoms with Crippen LogP contribution < -0.4 is 16.0 Å². The molecular formula is C15H18F3N3O2. The largest absolute Gasteiger partial charge is 0.416 e. The smallest absolute Gasteiger partial charge is 0.351 e. The normalized spacial score (nSPS) is 19.8. The molecule has 1 aromatic rings. The summed E-state index contributed by atoms with van der Waals surface area (Å²) in [6.07, 6.45) is -4.41. The van der Waals surface area contributed by atoms with Gasteiger partial charge >= 0.3 is 6.18 Å². The van der Waals surface area contributed by atoms with E-state index in [1.807, 2.05) is 0 Å². The van der Waals surface area contributed by atoms with Gasteiger partial charge in [0.15, 0.2) is 0 Å². The Morgan fingerprint density at radius 2 is 2.17 bits per heavy atom. The molecule has 23 heavy (non-hydrogen) atoms. The molecular weight excluding hydrogens is 311 g/mol. The van der Waals surface area contributed by atoms with Crippen molar-refractivity contribution in [1.29, 1.82) is 0 Å². The Bertz CT molecular complexity index is 604. The van der Waals surface area contributed by atoms with Crippen LogP contribution in [0.15, 0.2) is 24.3 Å². The number of nitrogens with one attached hydrogen (secondary N) is 1. The lowest BCUT2D eigenvalue weighted by Gasteiger charge is -2.19. The van der Waals surface area contributed by atoms with Crippen LogP contribution >= 0.6 is 0 Å². The van der Waals surface area contributed by atoms with Gasteiger partial charge < -0.3 is 16.0 Å². The van der Waals surface area contributed by atoms with Gasteiger partial charge in [-0.15, -0.1) is 0 Å². The molecule has 0 bridgehead atoms. The minimum Gasteiger partial charge on any atom is -0.351 e. The van der Waals surface area contributed by atoms with Crippen molar-refractivity contribution in [2.75, 3.05) is 18.0 Å². The Morgan fingerprint density at radius 1 is 1.48 bits per heavy atom. The molecule has 2 atom stereocenters. The van der Waals surface area contributed by atoms with Gasteiger partial charge in [0.1, 0.15) is 0 Å². The Kier molecular flexibility index (Phi) is 4.93. The van der Waals surface area contributed by atoms with E-state index in [2.05, 4.69) is 5.32 Å². The maximum Gasteiger partial charge on any atom is 0.416 e. The Morgan fingerprint density at radius 3 is 2.78 bits per heavy atom. The van der Waals surface area contributed by atoms with Crippen LogP contribution in [0.1, 0.15) is 18.9 Å². The zero-order chi connectivity index (χ0) is 17.2. The molecule has 1 aromatic carbocycles. The molecule has 1 aliphatic heterocycles. The monoisotopic (exact) mass is 329 g/mol. The zero-order valence-corrected chi connectivity index (χ0v) is 12.6. The summed E-state index contributed by atoms with van der Waals surface area (Å²) in [6, 6.07) is 4.16. The third-order valence-corrected chi connectivity index (χ3v) is 3.76. The molecule has 0 aromatic heterocycles. The molecule has 8 heteroatoms. The average molecular weight is 329 g/mol. The fourth-order valence-corrected chi connectivity index (χ4v) is 2.35. The molecule has 126 valence electrons. The molecule has 0 saturated carbocycles. The van der Waals surface area contributed by atoms with Gasteiger partial charge in [-0.2, -0.15) is 13.2 Å². The predicted octanol–water partition coefficient (Wildman–Crippen LogP) is 1.52. The Balaban J connectivity index is 2.10. The van der Waals surface area contributed by atoms with E-state index in [-0.39, 0.29) is 42.9 Å². The van der Waals surface area contributed by atoms with Crippen LogP contribution in [0.3, 0.4) is 0 Å². The lowest BCUT2D eigenvalue weighted by atomic mass is 10.1. The molecule has 2 amide bonds. The lowest BCUT2D eigenvalue weighted by Crippen LogP contribution is -2.41. The standard InChI is InChI=1S/C15H18F3N3O2/c1-9(7-19)14(23)20-11-6-13(22)21(8-11)12-4-2-3-10(5-12)15(16,17)18/h2-5,9,11H,6-8,19H2,1H3,(H,20,23). The van der Waals surface area contributed by atoms with Gasteiger partial charge in [-0.1, -0.05) is 13.0 Å². The van der Waals surface area contributed by atoms with E-state index in [0.29, 0.717) is 0 Å². The summed E-state index contributed by atoms with van der Waals surface area (Å²) in [6.45, 7) is 1.99. The van der Waals surface area contributed by atoms with E-state index in [1.54, 1.807) is 6.92 Å². The molecule has 5 nitrogen and oxygen atoms in total. The number of carbonyl (C=O) groups is 2. The van der Waals surface area contributed by atoms with Crippen LogP contribution in [0.2, 0.25) is 0 Å². The van der Waals surface area contributed by atoms with Crippen LogP contribution in [0.5, 0.6) is 0 Å². The van der Waals surface area contributed by atoms with Gasteiger partial charge in [0.25, 0.3) is 0 Å². The van der Waals surface area contributed by atoms with Crippen LogP contribution in [0.4, 0.5) is 18.9 Å². The second-order valence-electron chi connectivity index (χ2n) is 5.60. The van der Waals surface area contributed by atoms with E-state index in [4.69, 9.17) is 5.73 Å². The first-order valence-corrected chi connectivity index (χ1v) is 7.20. The summed E-state index contributed by atoms with van der Waals surface area (Å²) >= 11 is 0. The average Bonchev–Trinajstić information content (AvgIpc) is 2.86. The highest BCUT2D eigenvalue weighted by molar-refractivity contribution is 5.97. The Labute approximate surface area is 131 Å². The van der Waals surface area contributed by atoms with Crippen LogP contribution in [0, 0.1) is 5.92 Å². The van der Waals surface area contributed by atoms with Crippen LogP contribution in [0.25, 0.3) is 0 Å². The third kappa shape index (κ3) is 4.01. The van der Waals surface area contributed by atoms with Gasteiger partial charge in [-0.25, -0.2) is 0 Å². The van der Waals surface area contributed by atoms with Gasteiger partial charge in [0, 0.05) is 31.1 Å². The quantitative estimate of drug-likeness (QED) is 0.879. The SMILES string of the molecule is CC(CN)C(=O)NC1CC(=O)N(c2cccc(C(F)(F)F)c2)C1. The molecule has 0 radical (unpaired) electrons. The molecule has 2 unspecified atom stereocenters. The number of amides is 2. The number of halogens is 3. The van der Waals surface area contributed by atoms with E-state index in [0.717, 1.165) is 12.1 Å². The van der Waals surface area contributed by atoms with Gasteiger partial charge in [0.05, 0.1) is 11.6 Å². The Hall–Kier alpha value is -2.09. The maximum atomic E-state index is 12.8. The second kappa shape index (κ2) is 6.57. The fourth-order valence-electron chi connectivity index (χ4n) is 2.35. The van der Waals surface area contributed by atoms with Crippen molar-refractivity contribution < 1.29 is 22.8 Å². The van der Waals surface area contributed by atoms with Crippen molar-refractivity contribution in [1.82, 2.24) is 5.32 Å². The predicted molar refractivity (Wildman–Crippen MR) is 78.6 cm³/mol. The van der Waals surface area contributed by atoms with Crippen LogP contribution in [-0.2, 0) is 15.8 Å². The van der Waals surface area contributed by atoms with E-state index in [1.165, 1.54) is 17.0 Å². The first-order chi connectivity index (χ1) is 10.7. The van der Waals surface area contributed by atoms with E-state index in [9.17, 15) is 22.8 Å². The fraction of sp³-hybridized carbons (Fsp3) is 0.467. The molecule has 1 fully saturated rings. The van der Waals surface area contributed by atoms with E-state index >= 15 is 0 Å². The van der Waals surface area contributed by atoms with Crippen molar-refractivity contribution in [3.63, 3.8) is 0 Å². The molecule has 1 saturated heterocycles. The topological polar surface area (TPSA) is 75.4 Å². The number of rotatable bonds is 4. The number of hydrogen-bond acceptors (Lipinski definition) is 3. The highest BCUT2D eigenvalue weighted by atomic mass is 19.4. The highest BCUT2D eigenvalue weighted by Crippen LogP contribution is 2.32. The number of nitrogens with zero attached hydrogens (tertiary/aromatic N) is 1. The molecule has 1 aliphatic rings. The van der Waals surface area contributed by atoms with Crippen molar-refractivity contribution in [2.24, 2.45) is 11.7 Å². The number of nitrogens with two attached hydrogens (primary N) is 1. The minimum atomic E-state index is -4.47. The molecule has 1 heterocycles. The van der Waals surface area contributed by atoms with Crippen molar-refractivity contribution in [2.45, 2.75) is 25.6 Å². The number of anilines is 1. The second-order valence-corrected chi connectivity index (χ2v) is 5.60. The van der Waals surface area contributed by atoms with Gasteiger partial charge in [-0.3, -0.25) is 9.59 Å². The first-order valence-electron chi connectivity index (χ1n) is 7.20. The van der Waals surface area contributed by atoms with Crippen LogP contribution in [-0.4, -0.2) is 30.9 Å². The van der Waals surface area contributed by atoms with Crippen molar-refractivity contribution >= 4 is 17.5 Å². The summed E-state index contributed by atoms with van der Waals surface area (Å²) < 4.78 is 38.3. The molecule has 3 N–H and O–H groups in total. The number of hydrogen-bond donors (Lipinski definition) is 2. The van der Waals surface area contributed by atoms with Gasteiger partial charge in [0.2, 0.25) is 11.8 Å². The van der Waals surface area contributed by atoms with E-state index < -0.39 is 17.8 Å². The summed E-state index contributed by atoms with van der Waals surface area (Å²) in [5.74, 6) is -0.973. The summed E-state index contributed by atoms with van der Waals surface area (Å²) in [7, 11) is 0. The summed E-state index contributed by atoms with van der Waals surface area (Å²) in [5.41, 5.74) is 4.77. The molecule has 2 rings (SSSR count). The first kappa shape index (κ1) is 17.3. The van der Waals surface area contributed by atoms with Gasteiger partial charge in [-0.05, 0) is 18.2 Å². The number of carbonyl (C=O) groups excluding carboxylic acids is 2. The summed E-state index contributed by atoms with van der Waals surface area (Å²) in [4.78, 5) is 25.1. The highest BCUT2D eigenvalue weighted by Gasteiger charge is 2.35. The summed E-state index contributed by atoms with van der Waals surface area (Å²) in [5, 5.41) is 2.70. The lowest BCUT2D eigenvalue weighted by molar-refractivity contribution is -0.137. The zero-order valence-electron chi connectivity index (χ0n) is 12.6. The number of benzene rings is 1. The maximum absolute atomic E-state index is 12.8. The number of alkyl halides is 3.